The Hall–Kier alpha value is -2.65. The van der Waals surface area contributed by atoms with Crippen molar-refractivity contribution in [2.24, 2.45) is 11.7 Å². The Labute approximate surface area is 183 Å². The zero-order chi connectivity index (χ0) is 23.0. The van der Waals surface area contributed by atoms with Crippen LogP contribution in [0.1, 0.15) is 30.6 Å². The fraction of sp³-hybridized carbons (Fsp3) is 0.591. The van der Waals surface area contributed by atoms with Crippen molar-refractivity contribution in [2.45, 2.75) is 32.4 Å². The Morgan fingerprint density at radius 2 is 1.90 bits per heavy atom. The van der Waals surface area contributed by atoms with Gasteiger partial charge in [0.15, 0.2) is 0 Å². The molecule has 0 spiro atoms. The zero-order valence-corrected chi connectivity index (χ0v) is 18.8. The highest BCUT2D eigenvalue weighted by Gasteiger charge is 2.43. The first kappa shape index (κ1) is 24.6. The minimum atomic E-state index is -0.669. The lowest BCUT2D eigenvalue weighted by molar-refractivity contribution is -0.141. The first-order chi connectivity index (χ1) is 14.8. The fourth-order valence-electron chi connectivity index (χ4n) is 3.77. The van der Waals surface area contributed by atoms with Gasteiger partial charge in [0.2, 0.25) is 11.8 Å². The van der Waals surface area contributed by atoms with Crippen LogP contribution in [-0.2, 0) is 14.3 Å². The normalized spacial score (nSPS) is 18.2. The average molecular weight is 435 g/mol. The zero-order valence-electron chi connectivity index (χ0n) is 18.8. The quantitative estimate of drug-likeness (QED) is 0.554. The van der Waals surface area contributed by atoms with Crippen LogP contribution in [0.2, 0.25) is 0 Å². The van der Waals surface area contributed by atoms with Crippen LogP contribution in [0.25, 0.3) is 0 Å². The van der Waals surface area contributed by atoms with Gasteiger partial charge < -0.3 is 30.3 Å². The van der Waals surface area contributed by atoms with E-state index in [0.29, 0.717) is 37.4 Å². The van der Waals surface area contributed by atoms with E-state index in [0.717, 1.165) is 0 Å². The summed E-state index contributed by atoms with van der Waals surface area (Å²) >= 11 is 0. The molecule has 0 aromatic heterocycles. The molecule has 1 heterocycles. The molecule has 9 heteroatoms. The molecule has 1 aliphatic heterocycles. The van der Waals surface area contributed by atoms with Crippen LogP contribution in [-0.4, -0.2) is 86.6 Å². The van der Waals surface area contributed by atoms with Crippen molar-refractivity contribution in [2.75, 3.05) is 47.0 Å². The minimum absolute atomic E-state index is 0.121. The van der Waals surface area contributed by atoms with E-state index in [4.69, 9.17) is 15.2 Å². The Balaban J connectivity index is 2.28. The third-order valence-electron chi connectivity index (χ3n) is 5.21. The Morgan fingerprint density at radius 1 is 1.23 bits per heavy atom. The maximum absolute atomic E-state index is 13.4. The van der Waals surface area contributed by atoms with Crippen molar-refractivity contribution in [3.8, 4) is 5.75 Å². The molecule has 3 N–H and O–H groups in total. The molecule has 31 heavy (non-hydrogen) atoms. The summed E-state index contributed by atoms with van der Waals surface area (Å²) in [5, 5.41) is 2.76. The molecular formula is C22H34N4O5. The third kappa shape index (κ3) is 6.41. The summed E-state index contributed by atoms with van der Waals surface area (Å²) < 4.78 is 10.2. The molecule has 1 saturated heterocycles. The molecule has 172 valence electrons. The van der Waals surface area contributed by atoms with Gasteiger partial charge in [-0.2, -0.15) is 0 Å². The molecule has 0 aliphatic carbocycles. The number of nitrogens with one attached hydrogen (secondary N) is 1. The van der Waals surface area contributed by atoms with E-state index in [9.17, 15) is 14.4 Å². The van der Waals surface area contributed by atoms with E-state index in [-0.39, 0.29) is 42.8 Å². The molecule has 9 nitrogen and oxygen atoms in total. The number of likely N-dealkylation sites (tertiary alicyclic amines) is 1. The molecule has 1 aromatic carbocycles. The van der Waals surface area contributed by atoms with Gasteiger partial charge in [0.05, 0.1) is 13.2 Å². The number of benzene rings is 1. The second kappa shape index (κ2) is 11.7. The van der Waals surface area contributed by atoms with Gasteiger partial charge in [0.1, 0.15) is 18.4 Å². The number of hydrogen-bond donors (Lipinski definition) is 2. The van der Waals surface area contributed by atoms with Crippen molar-refractivity contribution in [3.05, 3.63) is 29.8 Å². The van der Waals surface area contributed by atoms with Crippen LogP contribution in [0.15, 0.2) is 24.3 Å². The Morgan fingerprint density at radius 3 is 2.45 bits per heavy atom. The van der Waals surface area contributed by atoms with Crippen LogP contribution < -0.4 is 15.8 Å². The molecule has 2 rings (SSSR count). The maximum Gasteiger partial charge on any atom is 0.254 e. The minimum Gasteiger partial charge on any atom is -0.497 e. The van der Waals surface area contributed by atoms with E-state index < -0.39 is 6.04 Å². The van der Waals surface area contributed by atoms with E-state index in [1.165, 1.54) is 12.0 Å². The van der Waals surface area contributed by atoms with Crippen LogP contribution in [0, 0.1) is 5.92 Å². The van der Waals surface area contributed by atoms with Crippen molar-refractivity contribution in [3.63, 3.8) is 0 Å². The number of nitrogens with two attached hydrogens (primary N) is 1. The number of carbonyl (C=O) groups excluding carboxylic acids is 3. The summed E-state index contributed by atoms with van der Waals surface area (Å²) in [4.78, 5) is 42.0. The number of hydrogen-bond acceptors (Lipinski definition) is 6. The van der Waals surface area contributed by atoms with Gasteiger partial charge in [-0.3, -0.25) is 14.4 Å². The molecule has 2 atom stereocenters. The number of rotatable bonds is 10. The number of carbonyl (C=O) groups is 3. The standard InChI is InChI=1S/C22H34N4O5/c1-15(2)12-25(22(29)16-5-7-18(31-4)8-6-16)17-11-19(21(28)24-10-9-23)26(13-17)20(27)14-30-3/h5-8,15,17,19H,9-14,23H2,1-4H3,(H,24,28). The summed E-state index contributed by atoms with van der Waals surface area (Å²) in [6, 6.07) is 5.98. The molecule has 1 aromatic rings. The molecule has 0 radical (unpaired) electrons. The van der Waals surface area contributed by atoms with Crippen LogP contribution in [0.5, 0.6) is 5.75 Å². The molecule has 1 fully saturated rings. The predicted octanol–water partition coefficient (Wildman–Crippen LogP) is 0.484. The fourth-order valence-corrected chi connectivity index (χ4v) is 3.77. The topological polar surface area (TPSA) is 114 Å². The second-order valence-electron chi connectivity index (χ2n) is 8.04. The summed E-state index contributed by atoms with van der Waals surface area (Å²) in [6.45, 7) is 5.36. The van der Waals surface area contributed by atoms with E-state index in [1.54, 1.807) is 36.3 Å². The van der Waals surface area contributed by atoms with Crippen LogP contribution in [0.4, 0.5) is 0 Å². The first-order valence-electron chi connectivity index (χ1n) is 10.5. The lowest BCUT2D eigenvalue weighted by atomic mass is 10.1. The first-order valence-corrected chi connectivity index (χ1v) is 10.5. The van der Waals surface area contributed by atoms with E-state index in [2.05, 4.69) is 5.32 Å². The maximum atomic E-state index is 13.4. The van der Waals surface area contributed by atoms with Crippen LogP contribution >= 0.6 is 0 Å². The summed E-state index contributed by atoms with van der Waals surface area (Å²) in [7, 11) is 3.01. The van der Waals surface area contributed by atoms with Crippen LogP contribution in [0.3, 0.4) is 0 Å². The van der Waals surface area contributed by atoms with Gasteiger partial charge in [-0.25, -0.2) is 0 Å². The monoisotopic (exact) mass is 434 g/mol. The highest BCUT2D eigenvalue weighted by molar-refractivity contribution is 5.95. The number of nitrogens with zero attached hydrogens (tertiary/aromatic N) is 2. The van der Waals surface area contributed by atoms with Gasteiger partial charge >= 0.3 is 0 Å². The molecular weight excluding hydrogens is 400 g/mol. The van der Waals surface area contributed by atoms with Gasteiger partial charge in [-0.05, 0) is 36.6 Å². The van der Waals surface area contributed by atoms with E-state index >= 15 is 0 Å². The Kier molecular flexibility index (Phi) is 9.26. The molecule has 0 saturated carbocycles. The van der Waals surface area contributed by atoms with Crippen molar-refractivity contribution < 1.29 is 23.9 Å². The number of amides is 3. The van der Waals surface area contributed by atoms with Gasteiger partial charge in [0, 0.05) is 38.9 Å². The highest BCUT2D eigenvalue weighted by atomic mass is 16.5. The number of ether oxygens (including phenoxy) is 2. The predicted molar refractivity (Wildman–Crippen MR) is 117 cm³/mol. The van der Waals surface area contributed by atoms with Gasteiger partial charge in [-0.15, -0.1) is 0 Å². The summed E-state index contributed by atoms with van der Waals surface area (Å²) in [5.41, 5.74) is 6.03. The molecule has 0 bridgehead atoms. The smallest absolute Gasteiger partial charge is 0.254 e. The van der Waals surface area contributed by atoms with Gasteiger partial charge in [-0.1, -0.05) is 13.8 Å². The van der Waals surface area contributed by atoms with E-state index in [1.807, 2.05) is 13.8 Å². The molecule has 1 aliphatic rings. The second-order valence-corrected chi connectivity index (χ2v) is 8.04. The lowest BCUT2D eigenvalue weighted by Gasteiger charge is -2.31. The van der Waals surface area contributed by atoms with Crippen molar-refractivity contribution in [1.29, 1.82) is 0 Å². The van der Waals surface area contributed by atoms with Crippen molar-refractivity contribution >= 4 is 17.7 Å². The highest BCUT2D eigenvalue weighted by Crippen LogP contribution is 2.26. The number of methoxy groups -OCH3 is 2. The summed E-state index contributed by atoms with van der Waals surface area (Å²) in [6.07, 6.45) is 0.362. The SMILES string of the molecule is COCC(=O)N1CC(N(CC(C)C)C(=O)c2ccc(OC)cc2)CC1C(=O)NCCN. The molecule has 3 amide bonds. The summed E-state index contributed by atoms with van der Waals surface area (Å²) in [5.74, 6) is 0.206. The largest absolute Gasteiger partial charge is 0.497 e. The van der Waals surface area contributed by atoms with Crippen molar-refractivity contribution in [1.82, 2.24) is 15.1 Å². The Bertz CT molecular complexity index is 753. The third-order valence-corrected chi connectivity index (χ3v) is 5.21. The average Bonchev–Trinajstić information content (AvgIpc) is 3.21. The lowest BCUT2D eigenvalue weighted by Crippen LogP contribution is -2.48. The molecule has 2 unspecified atom stereocenters. The van der Waals surface area contributed by atoms with Gasteiger partial charge in [0.25, 0.3) is 5.91 Å².